The number of imide groups is 1. The normalized spacial score (nSPS) is 18.5. The van der Waals surface area contributed by atoms with Crippen molar-refractivity contribution in [2.75, 3.05) is 13.1 Å². The van der Waals surface area contributed by atoms with Crippen LogP contribution in [0.5, 0.6) is 0 Å². The van der Waals surface area contributed by atoms with E-state index < -0.39 is 0 Å². The zero-order valence-electron chi connectivity index (χ0n) is 14.3. The zero-order valence-corrected chi connectivity index (χ0v) is 14.3. The first kappa shape index (κ1) is 16.7. The first-order valence-corrected chi connectivity index (χ1v) is 8.84. The van der Waals surface area contributed by atoms with Crippen molar-refractivity contribution in [3.05, 3.63) is 35.4 Å². The predicted molar refractivity (Wildman–Crippen MR) is 90.6 cm³/mol. The molecular weight excluding hydrogens is 304 g/mol. The summed E-state index contributed by atoms with van der Waals surface area (Å²) in [6.07, 6.45) is 3.04. The van der Waals surface area contributed by atoms with Gasteiger partial charge in [0.25, 0.3) is 11.8 Å². The molecule has 128 valence electrons. The number of amides is 3. The van der Waals surface area contributed by atoms with Crippen molar-refractivity contribution >= 4 is 17.7 Å². The predicted octanol–water partition coefficient (Wildman–Crippen LogP) is 2.71. The Morgan fingerprint density at radius 3 is 2.00 bits per heavy atom. The number of likely N-dealkylation sites (tertiary alicyclic amines) is 1. The van der Waals surface area contributed by atoms with Crippen LogP contribution < -0.4 is 0 Å². The topological polar surface area (TPSA) is 57.7 Å². The van der Waals surface area contributed by atoms with Crippen LogP contribution in [0.15, 0.2) is 24.3 Å². The standard InChI is InChI=1S/C19H24N2O3/c1-3-13(4-2)17(22)20-11-9-14(10-12-20)21-18(23)15-7-5-6-8-16(15)19(21)24/h5-8,13-14H,3-4,9-12H2,1-2H3. The van der Waals surface area contributed by atoms with Crippen LogP contribution in [0.1, 0.15) is 60.2 Å². The van der Waals surface area contributed by atoms with E-state index in [0.717, 1.165) is 12.8 Å². The lowest BCUT2D eigenvalue weighted by atomic mass is 9.98. The zero-order chi connectivity index (χ0) is 17.3. The highest BCUT2D eigenvalue weighted by Crippen LogP contribution is 2.29. The Morgan fingerprint density at radius 2 is 1.54 bits per heavy atom. The van der Waals surface area contributed by atoms with Crippen molar-refractivity contribution in [3.63, 3.8) is 0 Å². The van der Waals surface area contributed by atoms with Gasteiger partial charge >= 0.3 is 0 Å². The minimum absolute atomic E-state index is 0.0841. The van der Waals surface area contributed by atoms with Crippen molar-refractivity contribution in [1.82, 2.24) is 9.80 Å². The van der Waals surface area contributed by atoms with Gasteiger partial charge in [0.2, 0.25) is 5.91 Å². The van der Waals surface area contributed by atoms with Crippen LogP contribution >= 0.6 is 0 Å². The molecule has 1 fully saturated rings. The molecule has 1 saturated heterocycles. The fraction of sp³-hybridized carbons (Fsp3) is 0.526. The fourth-order valence-corrected chi connectivity index (χ4v) is 3.78. The second-order valence-corrected chi connectivity index (χ2v) is 6.60. The third kappa shape index (κ3) is 2.72. The average molecular weight is 328 g/mol. The first-order chi connectivity index (χ1) is 11.6. The molecule has 1 aromatic rings. The molecule has 2 heterocycles. The highest BCUT2D eigenvalue weighted by Gasteiger charge is 2.41. The molecular formula is C19H24N2O3. The van der Waals surface area contributed by atoms with Gasteiger partial charge in [-0.15, -0.1) is 0 Å². The minimum atomic E-state index is -0.194. The maximum atomic E-state index is 12.5. The van der Waals surface area contributed by atoms with Gasteiger partial charge in [-0.05, 0) is 37.8 Å². The smallest absolute Gasteiger partial charge is 0.261 e. The van der Waals surface area contributed by atoms with Gasteiger partial charge in [0.05, 0.1) is 11.1 Å². The lowest BCUT2D eigenvalue weighted by molar-refractivity contribution is -0.137. The molecule has 5 heteroatoms. The average Bonchev–Trinajstić information content (AvgIpc) is 2.87. The lowest BCUT2D eigenvalue weighted by Crippen LogP contribution is -2.49. The third-order valence-corrected chi connectivity index (χ3v) is 5.30. The van der Waals surface area contributed by atoms with E-state index in [2.05, 4.69) is 0 Å². The Morgan fingerprint density at radius 1 is 1.04 bits per heavy atom. The monoisotopic (exact) mass is 328 g/mol. The highest BCUT2D eigenvalue weighted by atomic mass is 16.2. The SMILES string of the molecule is CCC(CC)C(=O)N1CCC(N2C(=O)c3ccccc3C2=O)CC1. The minimum Gasteiger partial charge on any atom is -0.342 e. The summed E-state index contributed by atoms with van der Waals surface area (Å²) >= 11 is 0. The van der Waals surface area contributed by atoms with Gasteiger partial charge in [-0.2, -0.15) is 0 Å². The van der Waals surface area contributed by atoms with Gasteiger partial charge < -0.3 is 4.90 Å². The number of rotatable bonds is 4. The summed E-state index contributed by atoms with van der Waals surface area (Å²) in [5, 5.41) is 0. The number of piperidine rings is 1. The van der Waals surface area contributed by atoms with Gasteiger partial charge in [-0.25, -0.2) is 0 Å². The van der Waals surface area contributed by atoms with Gasteiger partial charge in [-0.1, -0.05) is 26.0 Å². The van der Waals surface area contributed by atoms with Crippen LogP contribution in [0.4, 0.5) is 0 Å². The van der Waals surface area contributed by atoms with E-state index in [1.165, 1.54) is 4.90 Å². The van der Waals surface area contributed by atoms with Crippen molar-refractivity contribution in [3.8, 4) is 0 Å². The quantitative estimate of drug-likeness (QED) is 0.799. The fourth-order valence-electron chi connectivity index (χ4n) is 3.78. The molecule has 3 rings (SSSR count). The number of fused-ring (bicyclic) bond motifs is 1. The molecule has 3 amide bonds. The summed E-state index contributed by atoms with van der Waals surface area (Å²) in [5.41, 5.74) is 0.996. The van der Waals surface area contributed by atoms with Crippen LogP contribution in [0.2, 0.25) is 0 Å². The maximum Gasteiger partial charge on any atom is 0.261 e. The van der Waals surface area contributed by atoms with Gasteiger partial charge in [0.1, 0.15) is 0 Å². The Kier molecular flexibility index (Phi) is 4.69. The summed E-state index contributed by atoms with van der Waals surface area (Å²) in [6, 6.07) is 6.88. The van der Waals surface area contributed by atoms with E-state index in [1.807, 2.05) is 18.7 Å². The van der Waals surface area contributed by atoms with Gasteiger partial charge in [0, 0.05) is 25.0 Å². The van der Waals surface area contributed by atoms with Crippen LogP contribution in [0.3, 0.4) is 0 Å². The molecule has 2 aliphatic heterocycles. The molecule has 0 aromatic heterocycles. The van der Waals surface area contributed by atoms with Gasteiger partial charge in [-0.3, -0.25) is 19.3 Å². The molecule has 1 aromatic carbocycles. The molecule has 5 nitrogen and oxygen atoms in total. The van der Waals surface area contributed by atoms with E-state index >= 15 is 0 Å². The van der Waals surface area contributed by atoms with E-state index in [-0.39, 0.29) is 29.7 Å². The highest BCUT2D eigenvalue weighted by molar-refractivity contribution is 6.21. The van der Waals surface area contributed by atoms with E-state index in [0.29, 0.717) is 37.1 Å². The molecule has 0 N–H and O–H groups in total. The second kappa shape index (κ2) is 6.75. The molecule has 24 heavy (non-hydrogen) atoms. The van der Waals surface area contributed by atoms with Crippen molar-refractivity contribution in [1.29, 1.82) is 0 Å². The van der Waals surface area contributed by atoms with E-state index in [1.54, 1.807) is 24.3 Å². The molecule has 0 saturated carbocycles. The second-order valence-electron chi connectivity index (χ2n) is 6.60. The number of hydrogen-bond acceptors (Lipinski definition) is 3. The van der Waals surface area contributed by atoms with Crippen LogP contribution in [-0.4, -0.2) is 46.7 Å². The Balaban J connectivity index is 1.67. The lowest BCUT2D eigenvalue weighted by Gasteiger charge is -2.37. The van der Waals surface area contributed by atoms with E-state index in [9.17, 15) is 14.4 Å². The van der Waals surface area contributed by atoms with Crippen LogP contribution in [0.25, 0.3) is 0 Å². The van der Waals surface area contributed by atoms with E-state index in [4.69, 9.17) is 0 Å². The maximum absolute atomic E-state index is 12.5. The third-order valence-electron chi connectivity index (χ3n) is 5.30. The molecule has 0 unspecified atom stereocenters. The van der Waals surface area contributed by atoms with Crippen molar-refractivity contribution in [2.45, 2.75) is 45.6 Å². The van der Waals surface area contributed by atoms with Crippen molar-refractivity contribution < 1.29 is 14.4 Å². The molecule has 0 atom stereocenters. The molecule has 0 spiro atoms. The molecule has 0 radical (unpaired) electrons. The number of nitrogens with zero attached hydrogens (tertiary/aromatic N) is 2. The number of benzene rings is 1. The Hall–Kier alpha value is -2.17. The Labute approximate surface area is 142 Å². The number of carbonyl (C=O) groups is 3. The van der Waals surface area contributed by atoms with Crippen LogP contribution in [-0.2, 0) is 4.79 Å². The molecule has 0 bridgehead atoms. The first-order valence-electron chi connectivity index (χ1n) is 8.84. The summed E-state index contributed by atoms with van der Waals surface area (Å²) in [6.45, 7) is 5.32. The molecule has 0 aliphatic carbocycles. The number of carbonyl (C=O) groups excluding carboxylic acids is 3. The number of hydrogen-bond donors (Lipinski definition) is 0. The summed E-state index contributed by atoms with van der Waals surface area (Å²) in [5.74, 6) is -0.0950. The molecule has 2 aliphatic rings. The summed E-state index contributed by atoms with van der Waals surface area (Å²) < 4.78 is 0. The Bertz CT molecular complexity index is 623. The largest absolute Gasteiger partial charge is 0.342 e. The van der Waals surface area contributed by atoms with Crippen molar-refractivity contribution in [2.24, 2.45) is 5.92 Å². The van der Waals surface area contributed by atoms with Gasteiger partial charge in [0.15, 0.2) is 0 Å². The summed E-state index contributed by atoms with van der Waals surface area (Å²) in [4.78, 5) is 40.9. The summed E-state index contributed by atoms with van der Waals surface area (Å²) in [7, 11) is 0. The van der Waals surface area contributed by atoms with Crippen LogP contribution in [0, 0.1) is 5.92 Å².